The van der Waals surface area contributed by atoms with Crippen LogP contribution in [0.15, 0.2) is 36.5 Å². The molecule has 0 aliphatic carbocycles. The van der Waals surface area contributed by atoms with Gasteiger partial charge in [-0.25, -0.2) is 18.7 Å². The smallest absolute Gasteiger partial charge is 0.328 e. The molecule has 0 radical (unpaired) electrons. The Hall–Kier alpha value is -3.17. The molecule has 0 unspecified atom stereocenters. The lowest BCUT2D eigenvalue weighted by molar-refractivity contribution is -0.184. The molecular formula is C23H25N3O7S. The Balaban J connectivity index is 1.42. The van der Waals surface area contributed by atoms with Crippen molar-refractivity contribution in [2.75, 3.05) is 26.0 Å². The zero-order valence-electron chi connectivity index (χ0n) is 18.7. The number of hydrogen-bond donors (Lipinski definition) is 3. The van der Waals surface area contributed by atoms with Gasteiger partial charge in [-0.15, -0.1) is 0 Å². The summed E-state index contributed by atoms with van der Waals surface area (Å²) in [5.74, 6) is 5.02. The predicted octanol–water partition coefficient (Wildman–Crippen LogP) is 0.588. The summed E-state index contributed by atoms with van der Waals surface area (Å²) in [6, 6.07) is 8.70. The van der Waals surface area contributed by atoms with Gasteiger partial charge in [0.25, 0.3) is 5.91 Å². The number of rotatable bonds is 6. The molecule has 1 atom stereocenters. The molecule has 1 saturated heterocycles. The van der Waals surface area contributed by atoms with E-state index in [-0.39, 0.29) is 38.8 Å². The zero-order chi connectivity index (χ0) is 24.7. The van der Waals surface area contributed by atoms with Gasteiger partial charge in [0.2, 0.25) is 0 Å². The first-order valence-corrected chi connectivity index (χ1v) is 12.4. The molecule has 0 saturated carbocycles. The summed E-state index contributed by atoms with van der Waals surface area (Å²) in [7, 11) is -3.84. The number of carbonyl (C=O) groups is 2. The molecule has 34 heavy (non-hydrogen) atoms. The summed E-state index contributed by atoms with van der Waals surface area (Å²) in [6.45, 7) is 2.04. The van der Waals surface area contributed by atoms with Crippen LogP contribution >= 0.6 is 0 Å². The largest absolute Gasteiger partial charge is 0.380 e. The van der Waals surface area contributed by atoms with Crippen molar-refractivity contribution in [3.8, 4) is 11.8 Å². The summed E-state index contributed by atoms with van der Waals surface area (Å²) in [6.07, 6.45) is 2.36. The van der Waals surface area contributed by atoms with Crippen LogP contribution < -0.4 is 5.48 Å². The summed E-state index contributed by atoms with van der Waals surface area (Å²) in [5, 5.41) is 19.2. The lowest BCUT2D eigenvalue weighted by Gasteiger charge is -2.36. The third-order valence-corrected chi connectivity index (χ3v) is 8.47. The Bertz CT molecular complexity index is 1300. The second kappa shape index (κ2) is 8.56. The number of nitrogens with zero attached hydrogens (tertiary/aromatic N) is 2. The molecule has 0 bridgehead atoms. The van der Waals surface area contributed by atoms with E-state index in [0.29, 0.717) is 11.3 Å². The van der Waals surface area contributed by atoms with Crippen molar-refractivity contribution in [2.45, 2.75) is 30.2 Å². The van der Waals surface area contributed by atoms with Crippen LogP contribution in [0.25, 0.3) is 0 Å². The first kappa shape index (κ1) is 24.0. The lowest BCUT2D eigenvalue weighted by Crippen LogP contribution is -2.50. The minimum Gasteiger partial charge on any atom is -0.380 e. The van der Waals surface area contributed by atoms with Gasteiger partial charge >= 0.3 is 6.03 Å². The fourth-order valence-corrected chi connectivity index (χ4v) is 4.72. The molecule has 3 N–H and O–H groups in total. The highest BCUT2D eigenvalue weighted by atomic mass is 32.2. The lowest BCUT2D eigenvalue weighted by atomic mass is 9.91. The van der Waals surface area contributed by atoms with Crippen LogP contribution in [0.2, 0.25) is 0 Å². The van der Waals surface area contributed by atoms with Crippen LogP contribution in [0, 0.1) is 11.8 Å². The number of amides is 2. The third kappa shape index (κ3) is 4.21. The number of aromatic nitrogens is 1. The maximum Gasteiger partial charge on any atom is 0.328 e. The molecule has 2 aliphatic heterocycles. The number of hydroxylamine groups is 1. The number of aliphatic hydroxyl groups is 1. The molecule has 1 aromatic carbocycles. The molecule has 1 fully saturated rings. The second-order valence-corrected chi connectivity index (χ2v) is 11.3. The predicted molar refractivity (Wildman–Crippen MR) is 121 cm³/mol. The molecule has 180 valence electrons. The quantitative estimate of drug-likeness (QED) is 0.308. The van der Waals surface area contributed by atoms with Gasteiger partial charge in [-0.3, -0.25) is 14.6 Å². The van der Waals surface area contributed by atoms with Crippen LogP contribution in [0.3, 0.4) is 0 Å². The van der Waals surface area contributed by atoms with Gasteiger partial charge in [0, 0.05) is 35.8 Å². The van der Waals surface area contributed by atoms with E-state index in [1.54, 1.807) is 12.3 Å². The Morgan fingerprint density at radius 2 is 1.88 bits per heavy atom. The Morgan fingerprint density at radius 3 is 2.41 bits per heavy atom. The van der Waals surface area contributed by atoms with Gasteiger partial charge < -0.3 is 14.7 Å². The van der Waals surface area contributed by atoms with Crippen molar-refractivity contribution < 1.29 is 33.1 Å². The van der Waals surface area contributed by atoms with Gasteiger partial charge in [0.15, 0.2) is 14.6 Å². The Kier molecular flexibility index (Phi) is 6.03. The molecule has 11 heteroatoms. The first-order valence-electron chi connectivity index (χ1n) is 10.5. The van der Waals surface area contributed by atoms with E-state index in [2.05, 4.69) is 11.8 Å². The molecule has 4 rings (SSSR count). The molecule has 1 aromatic heterocycles. The highest BCUT2D eigenvalue weighted by Gasteiger charge is 2.44. The molecular weight excluding hydrogens is 462 g/mol. The van der Waals surface area contributed by atoms with Crippen LogP contribution in [0.1, 0.15) is 35.7 Å². The minimum atomic E-state index is -3.84. The van der Waals surface area contributed by atoms with E-state index in [0.717, 1.165) is 17.4 Å². The van der Waals surface area contributed by atoms with E-state index in [4.69, 9.17) is 9.94 Å². The number of sulfone groups is 1. The molecule has 2 aromatic rings. The van der Waals surface area contributed by atoms with Gasteiger partial charge in [-0.05, 0) is 37.1 Å². The Morgan fingerprint density at radius 1 is 1.24 bits per heavy atom. The first-order chi connectivity index (χ1) is 16.0. The number of nitrogens with one attached hydrogen (secondary N) is 1. The average Bonchev–Trinajstić information content (AvgIpc) is 3.31. The van der Waals surface area contributed by atoms with Crippen molar-refractivity contribution >= 4 is 21.8 Å². The van der Waals surface area contributed by atoms with Crippen molar-refractivity contribution in [1.29, 1.82) is 0 Å². The maximum absolute atomic E-state index is 12.8. The minimum absolute atomic E-state index is 0.0161. The number of carbonyl (C=O) groups excluding carboxylic acids is 2. The summed E-state index contributed by atoms with van der Waals surface area (Å²) >= 11 is 0. The van der Waals surface area contributed by atoms with Gasteiger partial charge in [0.1, 0.15) is 5.60 Å². The van der Waals surface area contributed by atoms with Crippen LogP contribution in [0.5, 0.6) is 0 Å². The summed E-state index contributed by atoms with van der Waals surface area (Å²) in [5.41, 5.74) is 3.36. The zero-order valence-corrected chi connectivity index (χ0v) is 19.6. The molecule has 2 aliphatic rings. The van der Waals surface area contributed by atoms with Gasteiger partial charge in [-0.1, -0.05) is 24.0 Å². The number of fused-ring (bicyclic) bond motifs is 1. The van der Waals surface area contributed by atoms with Crippen molar-refractivity contribution in [3.63, 3.8) is 0 Å². The number of ether oxygens (including phenoxy) is 1. The van der Waals surface area contributed by atoms with E-state index in [1.165, 1.54) is 21.9 Å². The van der Waals surface area contributed by atoms with Crippen LogP contribution in [0.4, 0.5) is 4.79 Å². The Labute approximate surface area is 197 Å². The maximum atomic E-state index is 12.8. The topological polar surface area (TPSA) is 138 Å². The highest BCUT2D eigenvalue weighted by molar-refractivity contribution is 7.92. The fourth-order valence-electron chi connectivity index (χ4n) is 3.87. The third-order valence-electron chi connectivity index (χ3n) is 6.44. The van der Waals surface area contributed by atoms with Crippen molar-refractivity contribution in [1.82, 2.24) is 14.9 Å². The SMILES string of the molecule is C[C@@](CCN1Cc2cc(C#Cc3ccc(C4(O)COC4)cc3)cn2C1=O)(C(=O)NO)S(C)(=O)=O. The van der Waals surface area contributed by atoms with E-state index < -0.39 is 26.1 Å². The fraction of sp³-hybridized carbons (Fsp3) is 0.391. The molecule has 0 spiro atoms. The van der Waals surface area contributed by atoms with Gasteiger partial charge in [-0.2, -0.15) is 0 Å². The second-order valence-electron chi connectivity index (χ2n) is 8.84. The number of hydrogen-bond acceptors (Lipinski definition) is 7. The molecule has 3 heterocycles. The van der Waals surface area contributed by atoms with Crippen molar-refractivity contribution in [3.05, 3.63) is 58.9 Å². The summed E-state index contributed by atoms with van der Waals surface area (Å²) < 4.78 is 28.9. The van der Waals surface area contributed by atoms with Crippen LogP contribution in [-0.2, 0) is 31.5 Å². The van der Waals surface area contributed by atoms with Crippen molar-refractivity contribution in [2.24, 2.45) is 0 Å². The van der Waals surface area contributed by atoms with Crippen LogP contribution in [-0.4, -0.2) is 70.9 Å². The standard InChI is InChI=1S/C23H25N3O7S/c1-22(20(27)24-30,34(2,31)32)9-10-25-13-19-11-17(12-26(19)21(25)28)4-3-16-5-7-18(8-6-16)23(29)14-33-15-23/h5-8,11-12,29-30H,9-10,13-15H2,1-2H3,(H,24,27)/t22-/m1/s1. The molecule has 10 nitrogen and oxygen atoms in total. The van der Waals surface area contributed by atoms with E-state index >= 15 is 0 Å². The monoisotopic (exact) mass is 487 g/mol. The van der Waals surface area contributed by atoms with E-state index in [1.807, 2.05) is 24.3 Å². The average molecular weight is 488 g/mol. The van der Waals surface area contributed by atoms with Gasteiger partial charge in [0.05, 0.1) is 19.8 Å². The number of benzene rings is 1. The molecule has 2 amide bonds. The highest BCUT2D eigenvalue weighted by Crippen LogP contribution is 2.29. The normalized spacial score (nSPS) is 18.4. The summed E-state index contributed by atoms with van der Waals surface area (Å²) in [4.78, 5) is 26.2. The van der Waals surface area contributed by atoms with E-state index in [9.17, 15) is 23.1 Å².